The summed E-state index contributed by atoms with van der Waals surface area (Å²) in [5.41, 5.74) is -1.70. The number of hydrogen-bond donors (Lipinski definition) is 2. The van der Waals surface area contributed by atoms with Gasteiger partial charge in [0.2, 0.25) is 5.96 Å². The predicted octanol–water partition coefficient (Wildman–Crippen LogP) is 4.53. The standard InChI is InChI=1S/C19H15F6N3O/c1-28-8-16(22)17(14-3-2-12(20)7-15(14)21)27-18(28)26-13-5-10(9-29)4-11(6-13)19(23,24)25/h2-7,29H,8-9H2,1H3,(H,26,27). The van der Waals surface area contributed by atoms with E-state index >= 15 is 0 Å². The molecule has 1 aliphatic rings. The number of aliphatic hydroxyl groups is 1. The average molecular weight is 415 g/mol. The third kappa shape index (κ3) is 4.53. The van der Waals surface area contributed by atoms with E-state index in [1.165, 1.54) is 18.0 Å². The van der Waals surface area contributed by atoms with E-state index in [4.69, 9.17) is 0 Å². The van der Waals surface area contributed by atoms with Crippen molar-refractivity contribution in [3.63, 3.8) is 0 Å². The SMILES string of the molecule is CN1CC(F)=C(c2ccc(F)cc2F)N=C1Nc1cc(CO)cc(C(F)(F)F)c1. The number of rotatable bonds is 3. The number of aliphatic imine (C=N–C) groups is 1. The average Bonchev–Trinajstić information content (AvgIpc) is 2.63. The summed E-state index contributed by atoms with van der Waals surface area (Å²) < 4.78 is 80.8. The summed E-state index contributed by atoms with van der Waals surface area (Å²) in [7, 11) is 1.43. The van der Waals surface area contributed by atoms with Crippen molar-refractivity contribution in [2.24, 2.45) is 4.99 Å². The number of alkyl halides is 3. The highest BCUT2D eigenvalue weighted by Crippen LogP contribution is 2.33. The van der Waals surface area contributed by atoms with Gasteiger partial charge in [-0.2, -0.15) is 13.2 Å². The van der Waals surface area contributed by atoms with Crippen LogP contribution in [0.25, 0.3) is 5.70 Å². The van der Waals surface area contributed by atoms with Gasteiger partial charge in [0.05, 0.1) is 18.7 Å². The fourth-order valence-corrected chi connectivity index (χ4v) is 2.77. The van der Waals surface area contributed by atoms with Gasteiger partial charge in [-0.05, 0) is 35.9 Å². The molecule has 4 nitrogen and oxygen atoms in total. The zero-order chi connectivity index (χ0) is 21.3. The molecule has 0 saturated heterocycles. The second-order valence-corrected chi connectivity index (χ2v) is 6.37. The van der Waals surface area contributed by atoms with Gasteiger partial charge in [0, 0.05) is 24.4 Å². The lowest BCUT2D eigenvalue weighted by Gasteiger charge is -2.27. The van der Waals surface area contributed by atoms with Gasteiger partial charge in [0.1, 0.15) is 23.2 Å². The van der Waals surface area contributed by atoms with Crippen LogP contribution in [0.4, 0.5) is 32.0 Å². The third-order valence-corrected chi connectivity index (χ3v) is 4.16. The summed E-state index contributed by atoms with van der Waals surface area (Å²) in [5, 5.41) is 11.9. The van der Waals surface area contributed by atoms with Crippen LogP contribution in [0, 0.1) is 11.6 Å². The topological polar surface area (TPSA) is 47.9 Å². The molecule has 1 aliphatic heterocycles. The molecule has 0 spiro atoms. The van der Waals surface area contributed by atoms with Gasteiger partial charge >= 0.3 is 6.18 Å². The minimum absolute atomic E-state index is 0.00733. The van der Waals surface area contributed by atoms with E-state index in [0.29, 0.717) is 6.07 Å². The van der Waals surface area contributed by atoms with Crippen LogP contribution in [-0.2, 0) is 12.8 Å². The first-order chi connectivity index (χ1) is 13.6. The van der Waals surface area contributed by atoms with Crippen LogP contribution in [0.5, 0.6) is 0 Å². The van der Waals surface area contributed by atoms with E-state index in [1.54, 1.807) is 0 Å². The van der Waals surface area contributed by atoms with E-state index < -0.39 is 41.5 Å². The first-order valence-corrected chi connectivity index (χ1v) is 8.31. The maximum atomic E-state index is 14.4. The van der Waals surface area contributed by atoms with Gasteiger partial charge < -0.3 is 15.3 Å². The lowest BCUT2D eigenvalue weighted by Crippen LogP contribution is -2.36. The third-order valence-electron chi connectivity index (χ3n) is 4.16. The van der Waals surface area contributed by atoms with Gasteiger partial charge in [-0.15, -0.1) is 0 Å². The predicted molar refractivity (Wildman–Crippen MR) is 95.4 cm³/mol. The second-order valence-electron chi connectivity index (χ2n) is 6.37. The van der Waals surface area contributed by atoms with Crippen LogP contribution in [0.3, 0.4) is 0 Å². The summed E-state index contributed by atoms with van der Waals surface area (Å²) in [6.45, 7) is -0.953. The molecule has 3 rings (SSSR count). The Kier molecular flexibility index (Phi) is 5.56. The lowest BCUT2D eigenvalue weighted by atomic mass is 10.1. The number of nitrogens with zero attached hydrogens (tertiary/aromatic N) is 2. The Morgan fingerprint density at radius 2 is 1.83 bits per heavy atom. The van der Waals surface area contributed by atoms with Crippen molar-refractivity contribution in [1.29, 1.82) is 0 Å². The van der Waals surface area contributed by atoms with Crippen molar-refractivity contribution in [2.45, 2.75) is 12.8 Å². The molecular formula is C19H15F6N3O. The highest BCUT2D eigenvalue weighted by Gasteiger charge is 2.31. The maximum Gasteiger partial charge on any atom is 0.416 e. The van der Waals surface area contributed by atoms with Crippen LogP contribution in [-0.4, -0.2) is 29.6 Å². The quantitative estimate of drug-likeness (QED) is 0.725. The van der Waals surface area contributed by atoms with Crippen molar-refractivity contribution in [1.82, 2.24) is 4.90 Å². The van der Waals surface area contributed by atoms with Crippen molar-refractivity contribution in [3.8, 4) is 0 Å². The second kappa shape index (κ2) is 7.78. The number of halogens is 6. The van der Waals surface area contributed by atoms with Crippen LogP contribution in [0.2, 0.25) is 0 Å². The molecule has 1 heterocycles. The molecule has 0 aromatic heterocycles. The molecule has 2 N–H and O–H groups in total. The van der Waals surface area contributed by atoms with Crippen LogP contribution >= 0.6 is 0 Å². The van der Waals surface area contributed by atoms with Crippen LogP contribution < -0.4 is 5.32 Å². The number of likely N-dealkylation sites (N-methyl/N-ethyl adjacent to an activating group) is 1. The van der Waals surface area contributed by atoms with E-state index in [0.717, 1.165) is 24.3 Å². The van der Waals surface area contributed by atoms with Crippen molar-refractivity contribution in [3.05, 3.63) is 70.5 Å². The van der Waals surface area contributed by atoms with Crippen molar-refractivity contribution in [2.75, 3.05) is 18.9 Å². The van der Waals surface area contributed by atoms with E-state index in [-0.39, 0.29) is 29.3 Å². The van der Waals surface area contributed by atoms with Crippen molar-refractivity contribution >= 4 is 17.3 Å². The molecule has 2 aromatic carbocycles. The van der Waals surface area contributed by atoms with E-state index in [2.05, 4.69) is 10.3 Å². The minimum Gasteiger partial charge on any atom is -0.392 e. The van der Waals surface area contributed by atoms with E-state index in [9.17, 15) is 31.4 Å². The molecule has 0 atom stereocenters. The van der Waals surface area contributed by atoms with Crippen LogP contribution in [0.1, 0.15) is 16.7 Å². The molecule has 0 unspecified atom stereocenters. The lowest BCUT2D eigenvalue weighted by molar-refractivity contribution is -0.137. The Morgan fingerprint density at radius 1 is 1.10 bits per heavy atom. The molecular weight excluding hydrogens is 400 g/mol. The number of guanidine groups is 1. The van der Waals surface area contributed by atoms with Gasteiger partial charge in [0.25, 0.3) is 0 Å². The van der Waals surface area contributed by atoms with Gasteiger partial charge in [0.15, 0.2) is 0 Å². The minimum atomic E-state index is -4.64. The highest BCUT2D eigenvalue weighted by atomic mass is 19.4. The summed E-state index contributed by atoms with van der Waals surface area (Å²) >= 11 is 0. The fourth-order valence-electron chi connectivity index (χ4n) is 2.77. The normalized spacial score (nSPS) is 14.9. The summed E-state index contributed by atoms with van der Waals surface area (Å²) in [6, 6.07) is 5.44. The first-order valence-electron chi connectivity index (χ1n) is 8.31. The molecule has 0 amide bonds. The number of anilines is 1. The molecule has 0 fully saturated rings. The first kappa shape index (κ1) is 20.7. The van der Waals surface area contributed by atoms with Gasteiger partial charge in [-0.3, -0.25) is 0 Å². The maximum absolute atomic E-state index is 14.4. The molecule has 0 radical (unpaired) electrons. The molecule has 0 saturated carbocycles. The molecule has 2 aromatic rings. The molecule has 0 aliphatic carbocycles. The number of benzene rings is 2. The molecule has 0 bridgehead atoms. The van der Waals surface area contributed by atoms with Gasteiger partial charge in [-0.25, -0.2) is 18.2 Å². The zero-order valence-corrected chi connectivity index (χ0v) is 15.0. The molecule has 10 heteroatoms. The number of hydrogen-bond acceptors (Lipinski definition) is 4. The fraction of sp³-hybridized carbons (Fsp3) is 0.211. The largest absolute Gasteiger partial charge is 0.416 e. The Bertz CT molecular complexity index is 1000. The summed E-state index contributed by atoms with van der Waals surface area (Å²) in [5.74, 6) is -2.70. The van der Waals surface area contributed by atoms with Crippen molar-refractivity contribution < 1.29 is 31.4 Å². The Hall–Kier alpha value is -3.01. The summed E-state index contributed by atoms with van der Waals surface area (Å²) in [4.78, 5) is 5.25. The highest BCUT2D eigenvalue weighted by molar-refractivity contribution is 5.98. The Labute approximate surface area is 161 Å². The number of aliphatic hydroxyl groups excluding tert-OH is 1. The number of nitrogens with one attached hydrogen (secondary N) is 1. The van der Waals surface area contributed by atoms with Crippen LogP contribution in [0.15, 0.2) is 47.2 Å². The monoisotopic (exact) mass is 415 g/mol. The van der Waals surface area contributed by atoms with Gasteiger partial charge in [-0.1, -0.05) is 0 Å². The Balaban J connectivity index is 2.00. The smallest absolute Gasteiger partial charge is 0.392 e. The molecule has 154 valence electrons. The zero-order valence-electron chi connectivity index (χ0n) is 15.0. The molecule has 29 heavy (non-hydrogen) atoms. The van der Waals surface area contributed by atoms with E-state index in [1.807, 2.05) is 0 Å². The Morgan fingerprint density at radius 3 is 2.45 bits per heavy atom. The summed E-state index contributed by atoms with van der Waals surface area (Å²) in [6.07, 6.45) is -4.64.